The van der Waals surface area contributed by atoms with Crippen LogP contribution in [0.4, 0.5) is 0 Å². The molecule has 0 saturated carbocycles. The fourth-order valence-electron chi connectivity index (χ4n) is 2.45. The Morgan fingerprint density at radius 1 is 1.41 bits per heavy atom. The van der Waals surface area contributed by atoms with Gasteiger partial charge in [0.25, 0.3) is 0 Å². The first-order valence-corrected chi connectivity index (χ1v) is 8.22. The normalized spacial score (nSPS) is 17.4. The number of carbonyl (C=O) groups is 3. The van der Waals surface area contributed by atoms with E-state index in [4.69, 9.17) is 11.6 Å². The fraction of sp³-hybridized carbons (Fsp3) is 0.500. The van der Waals surface area contributed by atoms with Gasteiger partial charge < -0.3 is 15.5 Å². The van der Waals surface area contributed by atoms with Gasteiger partial charge in [0.2, 0.25) is 17.7 Å². The van der Waals surface area contributed by atoms with Crippen LogP contribution in [-0.2, 0) is 20.8 Å². The first-order chi connectivity index (χ1) is 10.5. The summed E-state index contributed by atoms with van der Waals surface area (Å²) >= 11 is 7.14. The zero-order chi connectivity index (χ0) is 16.1. The summed E-state index contributed by atoms with van der Waals surface area (Å²) in [5, 5.41) is 5.16. The van der Waals surface area contributed by atoms with E-state index < -0.39 is 6.04 Å². The Balaban J connectivity index is 1.81. The molecule has 1 fully saturated rings. The van der Waals surface area contributed by atoms with Gasteiger partial charge in [-0.1, -0.05) is 11.6 Å². The molecule has 0 radical (unpaired) electrons. The lowest BCUT2D eigenvalue weighted by Gasteiger charge is -2.23. The molecule has 0 bridgehead atoms. The van der Waals surface area contributed by atoms with Crippen LogP contribution in [0.3, 0.4) is 0 Å². The van der Waals surface area contributed by atoms with Crippen LogP contribution in [0.25, 0.3) is 0 Å². The highest BCUT2D eigenvalue weighted by Crippen LogP contribution is 2.21. The number of rotatable bonds is 5. The molecule has 6 nitrogen and oxygen atoms in total. The van der Waals surface area contributed by atoms with Crippen molar-refractivity contribution in [3.8, 4) is 0 Å². The van der Waals surface area contributed by atoms with Gasteiger partial charge in [0, 0.05) is 18.5 Å². The average Bonchev–Trinajstić information content (AvgIpc) is 3.13. The molecule has 1 aliphatic heterocycles. The van der Waals surface area contributed by atoms with Crippen LogP contribution in [0.1, 0.15) is 17.7 Å². The highest BCUT2D eigenvalue weighted by Gasteiger charge is 2.33. The molecule has 0 aliphatic carbocycles. The molecule has 1 aliphatic rings. The monoisotopic (exact) mass is 343 g/mol. The molecular weight excluding hydrogens is 326 g/mol. The maximum atomic E-state index is 12.1. The summed E-state index contributed by atoms with van der Waals surface area (Å²) in [6.45, 7) is 0.457. The highest BCUT2D eigenvalue weighted by atomic mass is 35.5. The van der Waals surface area contributed by atoms with Gasteiger partial charge in [-0.15, -0.1) is 11.3 Å². The van der Waals surface area contributed by atoms with Crippen molar-refractivity contribution < 1.29 is 14.4 Å². The van der Waals surface area contributed by atoms with Crippen LogP contribution in [0, 0.1) is 0 Å². The first kappa shape index (κ1) is 16.8. The first-order valence-electron chi connectivity index (χ1n) is 7.03. The van der Waals surface area contributed by atoms with Gasteiger partial charge in [0.15, 0.2) is 0 Å². The van der Waals surface area contributed by atoms with E-state index in [-0.39, 0.29) is 30.7 Å². The van der Waals surface area contributed by atoms with Crippen molar-refractivity contribution in [1.82, 2.24) is 15.5 Å². The van der Waals surface area contributed by atoms with Gasteiger partial charge in [-0.05, 0) is 25.0 Å². The molecule has 1 aromatic heterocycles. The minimum Gasteiger partial charge on any atom is -0.357 e. The van der Waals surface area contributed by atoms with E-state index in [1.165, 1.54) is 16.2 Å². The van der Waals surface area contributed by atoms with Crippen molar-refractivity contribution in [3.05, 3.63) is 21.3 Å². The molecule has 2 N–H and O–H groups in total. The summed E-state index contributed by atoms with van der Waals surface area (Å²) in [5.74, 6) is -0.628. The molecule has 0 aromatic carbocycles. The van der Waals surface area contributed by atoms with E-state index in [2.05, 4.69) is 10.6 Å². The van der Waals surface area contributed by atoms with Crippen molar-refractivity contribution in [1.29, 1.82) is 0 Å². The van der Waals surface area contributed by atoms with E-state index in [1.54, 1.807) is 19.2 Å². The summed E-state index contributed by atoms with van der Waals surface area (Å²) in [5.41, 5.74) is 0. The van der Waals surface area contributed by atoms with Crippen LogP contribution in [0.5, 0.6) is 0 Å². The Hall–Kier alpha value is -1.60. The number of halogens is 1. The van der Waals surface area contributed by atoms with Crippen molar-refractivity contribution in [2.75, 3.05) is 20.1 Å². The summed E-state index contributed by atoms with van der Waals surface area (Å²) in [6.07, 6.45) is 1.65. The number of hydrogen-bond acceptors (Lipinski definition) is 4. The van der Waals surface area contributed by atoms with Gasteiger partial charge in [-0.25, -0.2) is 0 Å². The minimum atomic E-state index is -0.425. The van der Waals surface area contributed by atoms with Gasteiger partial charge in [0.1, 0.15) is 6.04 Å². The second kappa shape index (κ2) is 7.60. The average molecular weight is 344 g/mol. The van der Waals surface area contributed by atoms with Crippen molar-refractivity contribution in [2.45, 2.75) is 25.3 Å². The number of nitrogens with one attached hydrogen (secondary N) is 2. The molecule has 0 spiro atoms. The lowest BCUT2D eigenvalue weighted by molar-refractivity contribution is -0.138. The number of likely N-dealkylation sites (tertiary alicyclic amines) is 1. The Labute approximate surface area is 137 Å². The molecule has 1 aromatic rings. The second-order valence-corrected chi connectivity index (χ2v) is 6.82. The number of likely N-dealkylation sites (N-methyl/N-ethyl adjacent to an activating group) is 1. The molecule has 22 heavy (non-hydrogen) atoms. The summed E-state index contributed by atoms with van der Waals surface area (Å²) in [6, 6.07) is 3.10. The molecule has 3 amide bonds. The van der Waals surface area contributed by atoms with Gasteiger partial charge >= 0.3 is 0 Å². The molecule has 2 rings (SSSR count). The third-order valence-corrected chi connectivity index (χ3v) is 4.75. The van der Waals surface area contributed by atoms with Crippen LogP contribution in [-0.4, -0.2) is 48.8 Å². The standard InChI is InChI=1S/C14H18ClN3O3S/c1-16-14(21)10-3-2-6-18(10)13(20)8-17-12(19)7-9-4-5-11(15)22-9/h4-5,10H,2-3,6-8H2,1H3,(H,16,21)(H,17,19). The third kappa shape index (κ3) is 4.20. The number of carbonyl (C=O) groups excluding carboxylic acids is 3. The Kier molecular flexibility index (Phi) is 5.79. The van der Waals surface area contributed by atoms with Gasteiger partial charge in [-0.3, -0.25) is 14.4 Å². The zero-order valence-electron chi connectivity index (χ0n) is 12.2. The summed E-state index contributed by atoms with van der Waals surface area (Å²) in [7, 11) is 1.55. The fourth-order valence-corrected chi connectivity index (χ4v) is 3.53. The van der Waals surface area contributed by atoms with Crippen LogP contribution in [0.15, 0.2) is 12.1 Å². The Morgan fingerprint density at radius 3 is 2.82 bits per heavy atom. The number of thiophene rings is 1. The number of hydrogen-bond donors (Lipinski definition) is 2. The van der Waals surface area contributed by atoms with Crippen LogP contribution < -0.4 is 10.6 Å². The third-order valence-electron chi connectivity index (χ3n) is 3.52. The van der Waals surface area contributed by atoms with E-state index >= 15 is 0 Å². The van der Waals surface area contributed by atoms with Crippen LogP contribution in [0.2, 0.25) is 4.34 Å². The molecular formula is C14H18ClN3O3S. The molecule has 8 heteroatoms. The Bertz CT molecular complexity index is 575. The summed E-state index contributed by atoms with van der Waals surface area (Å²) in [4.78, 5) is 38.0. The minimum absolute atomic E-state index is 0.0918. The SMILES string of the molecule is CNC(=O)C1CCCN1C(=O)CNC(=O)Cc1ccc(Cl)s1. The molecule has 1 atom stereocenters. The largest absolute Gasteiger partial charge is 0.357 e. The zero-order valence-corrected chi connectivity index (χ0v) is 13.8. The van der Waals surface area contributed by atoms with Crippen molar-refractivity contribution in [3.63, 3.8) is 0 Å². The quantitative estimate of drug-likeness (QED) is 0.830. The number of amides is 3. The maximum absolute atomic E-state index is 12.1. The van der Waals surface area contributed by atoms with E-state index in [0.717, 1.165) is 11.3 Å². The van der Waals surface area contributed by atoms with Crippen molar-refractivity contribution in [2.24, 2.45) is 0 Å². The lowest BCUT2D eigenvalue weighted by Crippen LogP contribution is -2.48. The highest BCUT2D eigenvalue weighted by molar-refractivity contribution is 7.16. The second-order valence-electron chi connectivity index (χ2n) is 5.02. The lowest BCUT2D eigenvalue weighted by atomic mass is 10.2. The topological polar surface area (TPSA) is 78.5 Å². The molecule has 120 valence electrons. The van der Waals surface area contributed by atoms with Gasteiger partial charge in [0.05, 0.1) is 17.3 Å². The van der Waals surface area contributed by atoms with Gasteiger partial charge in [-0.2, -0.15) is 0 Å². The van der Waals surface area contributed by atoms with E-state index in [9.17, 15) is 14.4 Å². The smallest absolute Gasteiger partial charge is 0.242 e. The summed E-state index contributed by atoms with van der Waals surface area (Å²) < 4.78 is 0.629. The van der Waals surface area contributed by atoms with Crippen LogP contribution >= 0.6 is 22.9 Å². The predicted molar refractivity (Wildman–Crippen MR) is 84.8 cm³/mol. The Morgan fingerprint density at radius 2 is 2.18 bits per heavy atom. The maximum Gasteiger partial charge on any atom is 0.242 e. The van der Waals surface area contributed by atoms with Crippen molar-refractivity contribution >= 4 is 40.7 Å². The number of nitrogens with zero attached hydrogens (tertiary/aromatic N) is 1. The van der Waals surface area contributed by atoms with E-state index in [1.807, 2.05) is 0 Å². The predicted octanol–water partition coefficient (Wildman–Crippen LogP) is 0.797. The molecule has 1 saturated heterocycles. The molecule has 2 heterocycles. The molecule has 1 unspecified atom stereocenters. The van der Waals surface area contributed by atoms with E-state index in [0.29, 0.717) is 17.3 Å².